The van der Waals surface area contributed by atoms with E-state index < -0.39 is 12.4 Å². The van der Waals surface area contributed by atoms with Gasteiger partial charge >= 0.3 is 58.4 Å². The average Bonchev–Trinajstić information content (AvgIpc) is 1.94. The molecule has 0 saturated heterocycles. The van der Waals surface area contributed by atoms with Crippen LogP contribution in [0.25, 0.3) is 0 Å². The van der Waals surface area contributed by atoms with E-state index in [0.29, 0.717) is 0 Å². The molecule has 0 aromatic heterocycles. The van der Waals surface area contributed by atoms with Crippen LogP contribution < -0.4 is 56.8 Å². The summed E-state index contributed by atoms with van der Waals surface area (Å²) in [4.78, 5) is 0. The van der Waals surface area contributed by atoms with E-state index >= 15 is 0 Å². The van der Waals surface area contributed by atoms with Gasteiger partial charge in [0.05, 0.1) is 10.0 Å². The third kappa shape index (κ3) is 3.70. The van der Waals surface area contributed by atoms with Gasteiger partial charge in [-0.1, -0.05) is 34.8 Å². The van der Waals surface area contributed by atoms with E-state index in [1.54, 1.807) is 0 Å². The van der Waals surface area contributed by atoms with E-state index in [2.05, 4.69) is 0 Å². The predicted molar refractivity (Wildman–Crippen MR) is 49.9 cm³/mol. The Morgan fingerprint density at radius 2 is 1.50 bits per heavy atom. The minimum absolute atomic E-state index is 0. The molecule has 0 bridgehead atoms. The zero-order valence-electron chi connectivity index (χ0n) is 7.62. The van der Waals surface area contributed by atoms with Crippen LogP contribution in [0.2, 0.25) is 10.0 Å². The van der Waals surface area contributed by atoms with Crippen LogP contribution in [0.5, 0.6) is 0 Å². The third-order valence-electron chi connectivity index (χ3n) is 1.66. The standard InChI is InChI=1S/C7H5BCl2F3.K/c1-4-2-6(9)7(10)3-5(4)8(11,12)13;/h2-3H,1H3;/q-1;+1. The molecule has 0 aliphatic heterocycles. The number of benzene rings is 1. The maximum absolute atomic E-state index is 12.3. The van der Waals surface area contributed by atoms with Crippen LogP contribution in [-0.2, 0) is 0 Å². The SMILES string of the molecule is Cc1cc(Cl)c(Cl)cc1[B-](F)(F)F.[K+]. The summed E-state index contributed by atoms with van der Waals surface area (Å²) in [7, 11) is 0. The number of hydrogen-bond donors (Lipinski definition) is 0. The molecule has 0 N–H and O–H groups in total. The Kier molecular flexibility index (Phi) is 6.08. The number of halogens is 5. The summed E-state index contributed by atoms with van der Waals surface area (Å²) in [5.74, 6) is 0. The molecule has 0 nitrogen and oxygen atoms in total. The number of hydrogen-bond acceptors (Lipinski definition) is 0. The summed E-state index contributed by atoms with van der Waals surface area (Å²) in [6, 6.07) is 2.08. The summed E-state index contributed by atoms with van der Waals surface area (Å²) in [5, 5.41) is 0.0735. The molecule has 1 aromatic rings. The van der Waals surface area contributed by atoms with E-state index in [4.69, 9.17) is 23.2 Å². The maximum atomic E-state index is 12.3. The molecule has 0 unspecified atom stereocenters. The molecule has 0 radical (unpaired) electrons. The smallest absolute Gasteiger partial charge is 0.445 e. The van der Waals surface area contributed by atoms with Gasteiger partial charge in [0, 0.05) is 0 Å². The van der Waals surface area contributed by atoms with Crippen molar-refractivity contribution in [3.63, 3.8) is 0 Å². The first-order valence-corrected chi connectivity index (χ1v) is 4.23. The molecule has 0 aliphatic carbocycles. The van der Waals surface area contributed by atoms with Gasteiger partial charge in [-0.3, -0.25) is 0 Å². The van der Waals surface area contributed by atoms with Crippen molar-refractivity contribution in [3.8, 4) is 0 Å². The quantitative estimate of drug-likeness (QED) is 0.644. The first-order chi connectivity index (χ1) is 5.82. The molecule has 7 heteroatoms. The van der Waals surface area contributed by atoms with Gasteiger partial charge < -0.3 is 12.9 Å². The Bertz CT molecular complexity index is 340. The molecule has 14 heavy (non-hydrogen) atoms. The molecule has 0 aliphatic rings. The fourth-order valence-corrected chi connectivity index (χ4v) is 1.40. The second kappa shape index (κ2) is 5.57. The van der Waals surface area contributed by atoms with E-state index in [1.165, 1.54) is 13.0 Å². The molecule has 0 atom stereocenters. The average molecular weight is 267 g/mol. The third-order valence-corrected chi connectivity index (χ3v) is 2.38. The van der Waals surface area contributed by atoms with Crippen LogP contribution in [0.4, 0.5) is 12.9 Å². The van der Waals surface area contributed by atoms with Crippen molar-refractivity contribution >= 4 is 35.6 Å². The summed E-state index contributed by atoms with van der Waals surface area (Å²) in [6.07, 6.45) is 0. The zero-order valence-corrected chi connectivity index (χ0v) is 12.3. The van der Waals surface area contributed by atoms with Crippen molar-refractivity contribution in [2.75, 3.05) is 0 Å². The fourth-order valence-electron chi connectivity index (χ4n) is 1.01. The Morgan fingerprint density at radius 3 is 1.93 bits per heavy atom. The molecule has 0 amide bonds. The monoisotopic (exact) mass is 266 g/mol. The van der Waals surface area contributed by atoms with Crippen LogP contribution in [-0.4, -0.2) is 6.98 Å². The molecule has 1 rings (SSSR count). The van der Waals surface area contributed by atoms with Crippen LogP contribution in [0.3, 0.4) is 0 Å². The van der Waals surface area contributed by atoms with Crippen molar-refractivity contribution in [2.45, 2.75) is 6.92 Å². The van der Waals surface area contributed by atoms with Gasteiger partial charge in [-0.2, -0.15) is 0 Å². The van der Waals surface area contributed by atoms with Gasteiger partial charge in [0.1, 0.15) is 0 Å². The molecule has 0 spiro atoms. The van der Waals surface area contributed by atoms with Crippen molar-refractivity contribution in [3.05, 3.63) is 27.7 Å². The second-order valence-electron chi connectivity index (χ2n) is 2.70. The Hall–Kier alpha value is 1.29. The Balaban J connectivity index is 0.00000169. The number of aryl methyl sites for hydroxylation is 1. The summed E-state index contributed by atoms with van der Waals surface area (Å²) < 4.78 is 37.0. The molecular weight excluding hydrogens is 262 g/mol. The van der Waals surface area contributed by atoms with Gasteiger partial charge in [-0.15, -0.1) is 5.46 Å². The van der Waals surface area contributed by atoms with Gasteiger partial charge in [0.25, 0.3) is 0 Å². The van der Waals surface area contributed by atoms with Gasteiger partial charge in [0.2, 0.25) is 0 Å². The van der Waals surface area contributed by atoms with Crippen molar-refractivity contribution in [1.82, 2.24) is 0 Å². The van der Waals surface area contributed by atoms with Crippen molar-refractivity contribution in [2.24, 2.45) is 0 Å². The van der Waals surface area contributed by atoms with E-state index in [1.807, 2.05) is 0 Å². The molecular formula is C7H5BCl2F3K. The first kappa shape index (κ1) is 15.3. The normalized spacial score (nSPS) is 11.0. The zero-order chi connectivity index (χ0) is 10.2. The largest absolute Gasteiger partial charge is 1.00 e. The molecule has 72 valence electrons. The minimum Gasteiger partial charge on any atom is -0.445 e. The minimum atomic E-state index is -5.01. The van der Waals surface area contributed by atoms with Crippen LogP contribution in [0.1, 0.15) is 5.56 Å². The van der Waals surface area contributed by atoms with Crippen LogP contribution >= 0.6 is 23.2 Å². The molecule has 0 heterocycles. The summed E-state index contributed by atoms with van der Waals surface area (Å²) in [5.41, 5.74) is -0.587. The summed E-state index contributed by atoms with van der Waals surface area (Å²) in [6.45, 7) is -3.65. The fraction of sp³-hybridized carbons (Fsp3) is 0.143. The molecule has 1 aromatic carbocycles. The van der Waals surface area contributed by atoms with Gasteiger partial charge in [-0.25, -0.2) is 0 Å². The maximum Gasteiger partial charge on any atom is 1.00 e. The Labute approximate surface area is 133 Å². The van der Waals surface area contributed by atoms with Crippen LogP contribution in [0, 0.1) is 6.92 Å². The molecule has 0 fully saturated rings. The second-order valence-corrected chi connectivity index (χ2v) is 3.51. The van der Waals surface area contributed by atoms with Gasteiger partial charge in [-0.05, 0) is 13.0 Å². The van der Waals surface area contributed by atoms with Crippen LogP contribution in [0.15, 0.2) is 12.1 Å². The molecule has 0 saturated carbocycles. The van der Waals surface area contributed by atoms with E-state index in [-0.39, 0.29) is 67.0 Å². The predicted octanol–water partition coefficient (Wildman–Crippen LogP) is 0.360. The van der Waals surface area contributed by atoms with Crippen molar-refractivity contribution in [1.29, 1.82) is 0 Å². The topological polar surface area (TPSA) is 0 Å². The van der Waals surface area contributed by atoms with E-state index in [9.17, 15) is 12.9 Å². The van der Waals surface area contributed by atoms with Crippen molar-refractivity contribution < 1.29 is 64.3 Å². The first-order valence-electron chi connectivity index (χ1n) is 3.48. The van der Waals surface area contributed by atoms with E-state index in [0.717, 1.165) is 6.07 Å². The Morgan fingerprint density at radius 1 is 1.07 bits per heavy atom. The number of rotatable bonds is 1. The summed E-state index contributed by atoms with van der Waals surface area (Å²) >= 11 is 11.0. The van der Waals surface area contributed by atoms with Gasteiger partial charge in [0.15, 0.2) is 0 Å².